The molecule has 2 rings (SSSR count). The Morgan fingerprint density at radius 2 is 2.30 bits per heavy atom. The molecular weight excluding hydrogens is 150 g/mol. The number of rotatable bonds is 1. The number of hydrogen-bond donors (Lipinski definition) is 2. The molecule has 4 heteroatoms. The normalized spacial score (nSPS) is 17.7. The van der Waals surface area contributed by atoms with Crippen molar-refractivity contribution in [2.24, 2.45) is 0 Å². The summed E-state index contributed by atoms with van der Waals surface area (Å²) in [6.07, 6.45) is 2.42. The van der Waals surface area contributed by atoms with E-state index in [2.05, 4.69) is 10.2 Å². The van der Waals surface area contributed by atoms with Gasteiger partial charge >= 0.3 is 0 Å². The number of nitrogen functional groups attached to an aromatic ring is 1. The number of anilines is 1. The Balaban J connectivity index is 2.40. The summed E-state index contributed by atoms with van der Waals surface area (Å²) in [6.45, 7) is 0. The van der Waals surface area contributed by atoms with Crippen molar-refractivity contribution in [1.82, 2.24) is 10.2 Å². The molecule has 0 aliphatic heterocycles. The molecule has 0 spiro atoms. The lowest BCUT2D eigenvalue weighted by Crippen LogP contribution is -1.83. The first kappa shape index (κ1) is 6.04. The third-order valence-electron chi connectivity index (χ3n) is 1.74. The standard InChI is InChI=1S/C6H8ClN3/c7-4-5(3-1-2-3)9-10-6(4)8/h3H,1-2H2,(H3,8,9,10). The zero-order valence-electron chi connectivity index (χ0n) is 5.39. The lowest BCUT2D eigenvalue weighted by atomic mass is 10.3. The maximum absolute atomic E-state index is 5.83. The van der Waals surface area contributed by atoms with Gasteiger partial charge in [-0.1, -0.05) is 11.6 Å². The van der Waals surface area contributed by atoms with Gasteiger partial charge in [0.25, 0.3) is 0 Å². The van der Waals surface area contributed by atoms with E-state index in [0.29, 0.717) is 16.8 Å². The summed E-state index contributed by atoms with van der Waals surface area (Å²) in [5.41, 5.74) is 6.45. The minimum atomic E-state index is 0.420. The Bertz CT molecular complexity index is 251. The van der Waals surface area contributed by atoms with Gasteiger partial charge in [-0.2, -0.15) is 5.10 Å². The molecule has 54 valence electrons. The van der Waals surface area contributed by atoms with E-state index in [1.165, 1.54) is 12.8 Å². The zero-order valence-corrected chi connectivity index (χ0v) is 6.15. The quantitative estimate of drug-likeness (QED) is 0.650. The molecular formula is C6H8ClN3. The molecule has 0 radical (unpaired) electrons. The van der Waals surface area contributed by atoms with Crippen LogP contribution < -0.4 is 5.73 Å². The van der Waals surface area contributed by atoms with Gasteiger partial charge in [0.2, 0.25) is 0 Å². The molecule has 10 heavy (non-hydrogen) atoms. The van der Waals surface area contributed by atoms with Gasteiger partial charge in [0.05, 0.1) is 5.69 Å². The van der Waals surface area contributed by atoms with E-state index in [9.17, 15) is 0 Å². The predicted octanol–water partition coefficient (Wildman–Crippen LogP) is 1.52. The van der Waals surface area contributed by atoms with Crippen LogP contribution in [0, 0.1) is 0 Å². The maximum atomic E-state index is 5.83. The number of halogens is 1. The Morgan fingerprint density at radius 3 is 2.70 bits per heavy atom. The summed E-state index contributed by atoms with van der Waals surface area (Å²) >= 11 is 5.83. The van der Waals surface area contributed by atoms with E-state index in [4.69, 9.17) is 17.3 Å². The van der Waals surface area contributed by atoms with Crippen molar-refractivity contribution in [3.63, 3.8) is 0 Å². The third-order valence-corrected chi connectivity index (χ3v) is 2.14. The fourth-order valence-corrected chi connectivity index (χ4v) is 1.24. The van der Waals surface area contributed by atoms with Crippen LogP contribution in [-0.2, 0) is 0 Å². The first-order valence-electron chi connectivity index (χ1n) is 3.28. The smallest absolute Gasteiger partial charge is 0.164 e. The van der Waals surface area contributed by atoms with Crippen LogP contribution in [0.3, 0.4) is 0 Å². The van der Waals surface area contributed by atoms with E-state index in [-0.39, 0.29) is 0 Å². The molecule has 0 unspecified atom stereocenters. The molecule has 1 aromatic heterocycles. The van der Waals surface area contributed by atoms with E-state index >= 15 is 0 Å². The summed E-state index contributed by atoms with van der Waals surface area (Å²) in [4.78, 5) is 0. The molecule has 0 saturated heterocycles. The summed E-state index contributed by atoms with van der Waals surface area (Å²) in [5.74, 6) is 1.01. The lowest BCUT2D eigenvalue weighted by molar-refractivity contribution is 0.968. The fourth-order valence-electron chi connectivity index (χ4n) is 0.999. The first-order valence-corrected chi connectivity index (χ1v) is 3.66. The van der Waals surface area contributed by atoms with Crippen molar-refractivity contribution < 1.29 is 0 Å². The zero-order chi connectivity index (χ0) is 7.14. The van der Waals surface area contributed by atoms with Crippen molar-refractivity contribution >= 4 is 17.4 Å². The second-order valence-corrected chi connectivity index (χ2v) is 2.99. The van der Waals surface area contributed by atoms with Crippen molar-refractivity contribution in [1.29, 1.82) is 0 Å². The van der Waals surface area contributed by atoms with Crippen LogP contribution in [0.15, 0.2) is 0 Å². The SMILES string of the molecule is Nc1n[nH]c(C2CC2)c1Cl. The van der Waals surface area contributed by atoms with Crippen LogP contribution in [0.4, 0.5) is 5.82 Å². The van der Waals surface area contributed by atoms with Crippen LogP contribution in [0.1, 0.15) is 24.5 Å². The number of aromatic nitrogens is 2. The van der Waals surface area contributed by atoms with Crippen LogP contribution in [0.2, 0.25) is 5.02 Å². The van der Waals surface area contributed by atoms with E-state index in [0.717, 1.165) is 5.69 Å². The molecule has 1 aliphatic carbocycles. The minimum absolute atomic E-state index is 0.420. The molecule has 0 atom stereocenters. The van der Waals surface area contributed by atoms with Crippen molar-refractivity contribution in [3.8, 4) is 0 Å². The van der Waals surface area contributed by atoms with Crippen LogP contribution >= 0.6 is 11.6 Å². The topological polar surface area (TPSA) is 54.7 Å². The molecule has 0 amide bonds. The van der Waals surface area contributed by atoms with Gasteiger partial charge < -0.3 is 5.73 Å². The fraction of sp³-hybridized carbons (Fsp3) is 0.500. The molecule has 1 fully saturated rings. The number of nitrogens with one attached hydrogen (secondary N) is 1. The Labute approximate surface area is 63.6 Å². The van der Waals surface area contributed by atoms with Crippen LogP contribution in [0.25, 0.3) is 0 Å². The van der Waals surface area contributed by atoms with Crippen LogP contribution in [0.5, 0.6) is 0 Å². The summed E-state index contributed by atoms with van der Waals surface area (Å²) in [6, 6.07) is 0. The predicted molar refractivity (Wildman–Crippen MR) is 40.0 cm³/mol. The van der Waals surface area contributed by atoms with Gasteiger partial charge in [-0.05, 0) is 12.8 Å². The average Bonchev–Trinajstić information content (AvgIpc) is 2.67. The molecule has 0 bridgehead atoms. The Hall–Kier alpha value is -0.700. The highest BCUT2D eigenvalue weighted by Crippen LogP contribution is 2.43. The number of hydrogen-bond acceptors (Lipinski definition) is 2. The molecule has 0 aromatic carbocycles. The lowest BCUT2D eigenvalue weighted by Gasteiger charge is -1.89. The highest BCUT2D eigenvalue weighted by molar-refractivity contribution is 6.33. The first-order chi connectivity index (χ1) is 4.79. The average molecular weight is 158 g/mol. The molecule has 1 heterocycles. The molecule has 1 aliphatic rings. The van der Waals surface area contributed by atoms with Crippen molar-refractivity contribution in [2.45, 2.75) is 18.8 Å². The van der Waals surface area contributed by atoms with Gasteiger partial charge in [-0.15, -0.1) is 0 Å². The molecule has 3 N–H and O–H groups in total. The van der Waals surface area contributed by atoms with E-state index < -0.39 is 0 Å². The highest BCUT2D eigenvalue weighted by Gasteiger charge is 2.28. The van der Waals surface area contributed by atoms with Gasteiger partial charge in [0.1, 0.15) is 5.02 Å². The third kappa shape index (κ3) is 0.778. The monoisotopic (exact) mass is 157 g/mol. The van der Waals surface area contributed by atoms with Gasteiger partial charge in [-0.25, -0.2) is 0 Å². The largest absolute Gasteiger partial charge is 0.381 e. The summed E-state index contributed by atoms with van der Waals surface area (Å²) < 4.78 is 0. The highest BCUT2D eigenvalue weighted by atomic mass is 35.5. The second kappa shape index (κ2) is 1.89. The van der Waals surface area contributed by atoms with Crippen molar-refractivity contribution in [2.75, 3.05) is 5.73 Å². The van der Waals surface area contributed by atoms with Gasteiger partial charge in [0, 0.05) is 5.92 Å². The van der Waals surface area contributed by atoms with Gasteiger partial charge in [0.15, 0.2) is 5.82 Å². The number of nitrogens with two attached hydrogens (primary N) is 1. The summed E-state index contributed by atoms with van der Waals surface area (Å²) in [5, 5.41) is 7.24. The maximum Gasteiger partial charge on any atom is 0.164 e. The van der Waals surface area contributed by atoms with E-state index in [1.807, 2.05) is 0 Å². The molecule has 3 nitrogen and oxygen atoms in total. The number of H-pyrrole nitrogens is 1. The second-order valence-electron chi connectivity index (χ2n) is 2.61. The number of nitrogens with zero attached hydrogens (tertiary/aromatic N) is 1. The minimum Gasteiger partial charge on any atom is -0.381 e. The van der Waals surface area contributed by atoms with Crippen molar-refractivity contribution in [3.05, 3.63) is 10.7 Å². The van der Waals surface area contributed by atoms with E-state index in [1.54, 1.807) is 0 Å². The van der Waals surface area contributed by atoms with Crippen LogP contribution in [-0.4, -0.2) is 10.2 Å². The Morgan fingerprint density at radius 1 is 1.60 bits per heavy atom. The van der Waals surface area contributed by atoms with Gasteiger partial charge in [-0.3, -0.25) is 5.10 Å². The number of aromatic amines is 1. The summed E-state index contributed by atoms with van der Waals surface area (Å²) in [7, 11) is 0. The Kier molecular flexibility index (Phi) is 1.14. The molecule has 1 aromatic rings. The molecule has 1 saturated carbocycles.